The average molecular weight is 247 g/mol. The number of hydrogen-bond acceptors (Lipinski definition) is 3. The fourth-order valence-corrected chi connectivity index (χ4v) is 1.40. The molecule has 2 N–H and O–H groups in total. The fraction of sp³-hybridized carbons (Fsp3) is 0. The maximum Gasteiger partial charge on any atom is 0.491 e. The average Bonchev–Trinajstić information content (AvgIpc) is 2.08. The van der Waals surface area contributed by atoms with E-state index in [0.717, 1.165) is 0 Å². The number of halogens is 2. The van der Waals surface area contributed by atoms with Crippen molar-refractivity contribution in [1.82, 2.24) is 0 Å². The van der Waals surface area contributed by atoms with Crippen LogP contribution < -0.4 is 5.46 Å². The third-order valence-corrected chi connectivity index (χ3v) is 1.96. The lowest BCUT2D eigenvalue weighted by Gasteiger charge is -2.04. The van der Waals surface area contributed by atoms with Gasteiger partial charge in [-0.15, -0.1) is 0 Å². The van der Waals surface area contributed by atoms with Gasteiger partial charge in [0, 0.05) is 9.94 Å². The molecule has 0 aromatic heterocycles. The summed E-state index contributed by atoms with van der Waals surface area (Å²) in [5.74, 6) is -0.909. The monoisotopic (exact) mass is 246 g/mol. The van der Waals surface area contributed by atoms with Crippen molar-refractivity contribution in [2.45, 2.75) is 0 Å². The molecule has 1 aromatic rings. The van der Waals surface area contributed by atoms with E-state index in [-0.39, 0.29) is 11.0 Å². The first kappa shape index (κ1) is 10.4. The van der Waals surface area contributed by atoms with Gasteiger partial charge in [-0.1, -0.05) is 15.9 Å². The first-order chi connectivity index (χ1) is 6.06. The number of hydrogen-bond donors (Lipinski definition) is 2. The molecule has 0 spiro atoms. The predicted molar refractivity (Wildman–Crippen MR) is 49.3 cm³/mol. The lowest BCUT2D eigenvalue weighted by molar-refractivity contribution is 0.112. The van der Waals surface area contributed by atoms with E-state index < -0.39 is 12.9 Å². The molecule has 0 radical (unpaired) electrons. The Bertz CT molecular complexity index is 343. The van der Waals surface area contributed by atoms with Crippen molar-refractivity contribution in [3.8, 4) is 0 Å². The van der Waals surface area contributed by atoms with Crippen LogP contribution in [-0.2, 0) is 0 Å². The maximum absolute atomic E-state index is 13.1. The topological polar surface area (TPSA) is 57.5 Å². The molecule has 0 saturated carbocycles. The molecule has 6 heteroatoms. The minimum atomic E-state index is -1.92. The van der Waals surface area contributed by atoms with Gasteiger partial charge in [-0.05, 0) is 12.1 Å². The highest BCUT2D eigenvalue weighted by atomic mass is 79.9. The van der Waals surface area contributed by atoms with E-state index in [4.69, 9.17) is 10.0 Å². The molecule has 0 aliphatic heterocycles. The third kappa shape index (κ3) is 2.15. The molecule has 13 heavy (non-hydrogen) atoms. The summed E-state index contributed by atoms with van der Waals surface area (Å²) in [6.07, 6.45) is 0.311. The minimum absolute atomic E-state index is 0.211. The van der Waals surface area contributed by atoms with Gasteiger partial charge in [-0.25, -0.2) is 4.39 Å². The zero-order valence-corrected chi connectivity index (χ0v) is 7.95. The van der Waals surface area contributed by atoms with Gasteiger partial charge >= 0.3 is 7.12 Å². The largest absolute Gasteiger partial charge is 0.491 e. The second-order valence-electron chi connectivity index (χ2n) is 2.39. The summed E-state index contributed by atoms with van der Waals surface area (Å²) in [6.45, 7) is 0. The van der Waals surface area contributed by atoms with E-state index in [9.17, 15) is 9.18 Å². The van der Waals surface area contributed by atoms with Gasteiger partial charge in [0.05, 0.1) is 5.56 Å². The van der Waals surface area contributed by atoms with E-state index in [1.807, 2.05) is 0 Å². The van der Waals surface area contributed by atoms with E-state index in [0.29, 0.717) is 10.8 Å². The smallest absolute Gasteiger partial charge is 0.423 e. The Morgan fingerprint density at radius 1 is 1.46 bits per heavy atom. The molecule has 0 heterocycles. The zero-order valence-electron chi connectivity index (χ0n) is 6.37. The normalized spacial score (nSPS) is 9.85. The number of carbonyl (C=O) groups is 1. The summed E-state index contributed by atoms with van der Waals surface area (Å²) in [5, 5.41) is 17.5. The number of benzene rings is 1. The molecule has 0 amide bonds. The second-order valence-corrected chi connectivity index (χ2v) is 3.31. The number of aldehydes is 1. The predicted octanol–water partition coefficient (Wildman–Crippen LogP) is 0.0805. The maximum atomic E-state index is 13.1. The van der Waals surface area contributed by atoms with Crippen molar-refractivity contribution >= 4 is 34.8 Å². The Kier molecular flexibility index (Phi) is 3.19. The number of carbonyl (C=O) groups excluding carboxylic acids is 1. The number of rotatable bonds is 2. The van der Waals surface area contributed by atoms with E-state index in [1.165, 1.54) is 12.1 Å². The van der Waals surface area contributed by atoms with Crippen molar-refractivity contribution in [3.63, 3.8) is 0 Å². The van der Waals surface area contributed by atoms with Crippen molar-refractivity contribution in [2.75, 3.05) is 0 Å². The first-order valence-electron chi connectivity index (χ1n) is 3.36. The van der Waals surface area contributed by atoms with Gasteiger partial charge in [0.25, 0.3) is 0 Å². The van der Waals surface area contributed by atoms with Gasteiger partial charge < -0.3 is 10.0 Å². The Morgan fingerprint density at radius 3 is 2.54 bits per heavy atom. The van der Waals surface area contributed by atoms with Crippen LogP contribution in [0.4, 0.5) is 4.39 Å². The summed E-state index contributed by atoms with van der Waals surface area (Å²) in [6, 6.07) is 2.46. The molecule has 0 bridgehead atoms. The minimum Gasteiger partial charge on any atom is -0.423 e. The molecule has 0 saturated heterocycles. The SMILES string of the molecule is O=Cc1cc(Br)cc(B(O)O)c1F. The van der Waals surface area contributed by atoms with Crippen LogP contribution in [0.5, 0.6) is 0 Å². The molecule has 1 aromatic carbocycles. The van der Waals surface area contributed by atoms with E-state index in [2.05, 4.69) is 15.9 Å². The molecule has 0 unspecified atom stereocenters. The molecular weight excluding hydrogens is 242 g/mol. The fourth-order valence-electron chi connectivity index (χ4n) is 0.906. The van der Waals surface area contributed by atoms with Crippen LogP contribution in [0, 0.1) is 5.82 Å². The van der Waals surface area contributed by atoms with Crippen LogP contribution in [-0.4, -0.2) is 23.5 Å². The standard InChI is InChI=1S/C7H5BBrFO3/c9-5-1-4(3-11)7(10)6(2-5)8(12)13/h1-3,12-13H. The van der Waals surface area contributed by atoms with E-state index >= 15 is 0 Å². The van der Waals surface area contributed by atoms with Crippen LogP contribution in [0.1, 0.15) is 10.4 Å². The van der Waals surface area contributed by atoms with Gasteiger partial charge in [0.1, 0.15) is 5.82 Å². The van der Waals surface area contributed by atoms with Crippen LogP contribution in [0.3, 0.4) is 0 Å². The summed E-state index contributed by atoms with van der Waals surface area (Å²) < 4.78 is 13.5. The molecule has 0 atom stereocenters. The molecular formula is C7H5BBrFO3. The van der Waals surface area contributed by atoms with Crippen LogP contribution >= 0.6 is 15.9 Å². The Labute approximate surface area is 82.5 Å². The van der Waals surface area contributed by atoms with Crippen molar-refractivity contribution in [2.24, 2.45) is 0 Å². The van der Waals surface area contributed by atoms with Crippen LogP contribution in [0.25, 0.3) is 0 Å². The second kappa shape index (κ2) is 4.00. The highest BCUT2D eigenvalue weighted by Crippen LogP contribution is 2.12. The Balaban J connectivity index is 3.35. The van der Waals surface area contributed by atoms with Gasteiger partial charge in [0.15, 0.2) is 6.29 Å². The van der Waals surface area contributed by atoms with E-state index in [1.54, 1.807) is 0 Å². The molecule has 3 nitrogen and oxygen atoms in total. The van der Waals surface area contributed by atoms with Gasteiger partial charge in [0.2, 0.25) is 0 Å². The summed E-state index contributed by atoms with van der Waals surface area (Å²) in [5.41, 5.74) is -0.533. The molecule has 68 valence electrons. The molecule has 1 rings (SSSR count). The van der Waals surface area contributed by atoms with Crippen LogP contribution in [0.15, 0.2) is 16.6 Å². The third-order valence-electron chi connectivity index (χ3n) is 1.50. The lowest BCUT2D eigenvalue weighted by atomic mass is 9.79. The Hall–Kier alpha value is -0.715. The lowest BCUT2D eigenvalue weighted by Crippen LogP contribution is -2.33. The highest BCUT2D eigenvalue weighted by molar-refractivity contribution is 9.10. The summed E-state index contributed by atoms with van der Waals surface area (Å²) >= 11 is 3.01. The van der Waals surface area contributed by atoms with Crippen LogP contribution in [0.2, 0.25) is 0 Å². The summed E-state index contributed by atoms with van der Waals surface area (Å²) in [7, 11) is -1.92. The molecule has 0 aliphatic rings. The van der Waals surface area contributed by atoms with Crippen molar-refractivity contribution in [1.29, 1.82) is 0 Å². The van der Waals surface area contributed by atoms with Crippen molar-refractivity contribution in [3.05, 3.63) is 28.0 Å². The first-order valence-corrected chi connectivity index (χ1v) is 4.16. The zero-order chi connectivity index (χ0) is 10.0. The van der Waals surface area contributed by atoms with Gasteiger partial charge in [-0.3, -0.25) is 4.79 Å². The van der Waals surface area contributed by atoms with Crippen molar-refractivity contribution < 1.29 is 19.2 Å². The quantitative estimate of drug-likeness (QED) is 0.574. The highest BCUT2D eigenvalue weighted by Gasteiger charge is 2.19. The molecule has 0 aliphatic carbocycles. The summed E-state index contributed by atoms with van der Waals surface area (Å²) in [4.78, 5) is 10.3. The van der Waals surface area contributed by atoms with Gasteiger partial charge in [-0.2, -0.15) is 0 Å². The molecule has 0 fully saturated rings. The Morgan fingerprint density at radius 2 is 2.08 bits per heavy atom.